The van der Waals surface area contributed by atoms with Crippen molar-refractivity contribution in [2.75, 3.05) is 7.11 Å². The molecule has 0 aliphatic rings. The van der Waals surface area contributed by atoms with Gasteiger partial charge in [-0.2, -0.15) is 4.73 Å². The summed E-state index contributed by atoms with van der Waals surface area (Å²) in [5.74, 6) is 0. The molecule has 0 amide bonds. The SMILES string of the molecule is COn1c2ccccc2c2c3c(ccc21)oc1ccccc13. The van der Waals surface area contributed by atoms with Gasteiger partial charge in [-0.15, -0.1) is 0 Å². The smallest absolute Gasteiger partial charge is 0.136 e. The molecule has 0 unspecified atom stereocenters. The van der Waals surface area contributed by atoms with Crippen LogP contribution in [0.25, 0.3) is 43.7 Å². The van der Waals surface area contributed by atoms with Crippen molar-refractivity contribution in [3.63, 3.8) is 0 Å². The topological polar surface area (TPSA) is 27.3 Å². The second kappa shape index (κ2) is 4.04. The maximum absolute atomic E-state index is 6.00. The van der Waals surface area contributed by atoms with Gasteiger partial charge in [-0.3, -0.25) is 0 Å². The van der Waals surface area contributed by atoms with E-state index < -0.39 is 0 Å². The predicted molar refractivity (Wildman–Crippen MR) is 89.2 cm³/mol. The fraction of sp³-hybridized carbons (Fsp3) is 0.0526. The predicted octanol–water partition coefficient (Wildman–Crippen LogP) is 4.75. The summed E-state index contributed by atoms with van der Waals surface area (Å²) in [6, 6.07) is 20.5. The van der Waals surface area contributed by atoms with Crippen LogP contribution in [0, 0.1) is 0 Å². The zero-order valence-electron chi connectivity index (χ0n) is 12.0. The van der Waals surface area contributed by atoms with Crippen LogP contribution in [0.1, 0.15) is 0 Å². The van der Waals surface area contributed by atoms with E-state index >= 15 is 0 Å². The summed E-state index contributed by atoms with van der Waals surface area (Å²) in [7, 11) is 1.70. The van der Waals surface area contributed by atoms with Crippen molar-refractivity contribution >= 4 is 43.7 Å². The molecule has 0 spiro atoms. The van der Waals surface area contributed by atoms with Gasteiger partial charge in [-0.1, -0.05) is 36.4 Å². The number of nitrogens with zero attached hydrogens (tertiary/aromatic N) is 1. The highest BCUT2D eigenvalue weighted by molar-refractivity contribution is 6.26. The molecule has 0 saturated heterocycles. The number of fused-ring (bicyclic) bond motifs is 7. The quantitative estimate of drug-likeness (QED) is 0.445. The van der Waals surface area contributed by atoms with Gasteiger partial charge in [0.1, 0.15) is 18.3 Å². The molecule has 0 fully saturated rings. The molecule has 3 heteroatoms. The van der Waals surface area contributed by atoms with Crippen molar-refractivity contribution in [1.29, 1.82) is 0 Å². The molecule has 5 rings (SSSR count). The first-order valence-electron chi connectivity index (χ1n) is 7.26. The lowest BCUT2D eigenvalue weighted by molar-refractivity contribution is 0.190. The van der Waals surface area contributed by atoms with Crippen LogP contribution in [-0.2, 0) is 0 Å². The van der Waals surface area contributed by atoms with E-state index in [1.165, 1.54) is 10.8 Å². The molecule has 22 heavy (non-hydrogen) atoms. The molecule has 5 aromatic rings. The van der Waals surface area contributed by atoms with E-state index in [1.807, 2.05) is 35.1 Å². The summed E-state index contributed by atoms with van der Waals surface area (Å²) >= 11 is 0. The van der Waals surface area contributed by atoms with E-state index in [2.05, 4.69) is 30.3 Å². The van der Waals surface area contributed by atoms with Crippen LogP contribution >= 0.6 is 0 Å². The molecule has 0 bridgehead atoms. The van der Waals surface area contributed by atoms with E-state index in [0.717, 1.165) is 33.0 Å². The first-order valence-corrected chi connectivity index (χ1v) is 7.26. The fourth-order valence-electron chi connectivity index (χ4n) is 3.44. The molecule has 106 valence electrons. The monoisotopic (exact) mass is 287 g/mol. The number of furan rings is 1. The summed E-state index contributed by atoms with van der Waals surface area (Å²) < 4.78 is 7.88. The van der Waals surface area contributed by atoms with Gasteiger partial charge < -0.3 is 9.25 Å². The Morgan fingerprint density at radius 1 is 0.727 bits per heavy atom. The van der Waals surface area contributed by atoms with Gasteiger partial charge in [0.15, 0.2) is 0 Å². The Morgan fingerprint density at radius 2 is 1.50 bits per heavy atom. The largest absolute Gasteiger partial charge is 0.456 e. The molecule has 0 atom stereocenters. The van der Waals surface area contributed by atoms with Crippen molar-refractivity contribution in [2.45, 2.75) is 0 Å². The van der Waals surface area contributed by atoms with E-state index in [9.17, 15) is 0 Å². The average molecular weight is 287 g/mol. The maximum atomic E-state index is 6.00. The lowest BCUT2D eigenvalue weighted by Gasteiger charge is -2.03. The normalized spacial score (nSPS) is 11.9. The maximum Gasteiger partial charge on any atom is 0.136 e. The Balaban J connectivity index is 2.17. The third-order valence-corrected chi connectivity index (χ3v) is 4.31. The fourth-order valence-corrected chi connectivity index (χ4v) is 3.44. The van der Waals surface area contributed by atoms with Gasteiger partial charge >= 0.3 is 0 Å². The van der Waals surface area contributed by atoms with Crippen LogP contribution in [-0.4, -0.2) is 11.8 Å². The van der Waals surface area contributed by atoms with E-state index in [4.69, 9.17) is 9.25 Å². The minimum absolute atomic E-state index is 0.910. The average Bonchev–Trinajstić information content (AvgIpc) is 3.09. The van der Waals surface area contributed by atoms with Crippen LogP contribution in [0.15, 0.2) is 65.1 Å². The third-order valence-electron chi connectivity index (χ3n) is 4.31. The van der Waals surface area contributed by atoms with Gasteiger partial charge in [-0.25, -0.2) is 0 Å². The number of aromatic nitrogens is 1. The van der Waals surface area contributed by atoms with Gasteiger partial charge in [0.2, 0.25) is 0 Å². The summed E-state index contributed by atoms with van der Waals surface area (Å²) in [5.41, 5.74) is 3.95. The van der Waals surface area contributed by atoms with Gasteiger partial charge in [0.05, 0.1) is 11.0 Å². The third kappa shape index (κ3) is 1.31. The summed E-state index contributed by atoms with van der Waals surface area (Å²) in [6.07, 6.45) is 0. The molecule has 2 aromatic heterocycles. The molecule has 0 aliphatic carbocycles. The lowest BCUT2D eigenvalue weighted by atomic mass is 10.1. The highest BCUT2D eigenvalue weighted by Gasteiger charge is 2.17. The Morgan fingerprint density at radius 3 is 2.36 bits per heavy atom. The van der Waals surface area contributed by atoms with Crippen molar-refractivity contribution in [1.82, 2.24) is 4.73 Å². The first-order chi connectivity index (χ1) is 10.9. The Kier molecular flexibility index (Phi) is 2.15. The molecule has 3 nitrogen and oxygen atoms in total. The molecule has 0 aliphatic heterocycles. The first kappa shape index (κ1) is 11.7. The Hall–Kier alpha value is -2.94. The number of hydrogen-bond donors (Lipinski definition) is 0. The van der Waals surface area contributed by atoms with Crippen LogP contribution in [0.3, 0.4) is 0 Å². The molecular weight excluding hydrogens is 274 g/mol. The number of hydrogen-bond acceptors (Lipinski definition) is 2. The van der Waals surface area contributed by atoms with E-state index in [1.54, 1.807) is 7.11 Å². The summed E-state index contributed by atoms with van der Waals surface area (Å²) in [4.78, 5) is 5.60. The lowest BCUT2D eigenvalue weighted by Crippen LogP contribution is -2.04. The van der Waals surface area contributed by atoms with E-state index in [-0.39, 0.29) is 0 Å². The minimum Gasteiger partial charge on any atom is -0.456 e. The molecule has 2 heterocycles. The molecule has 0 N–H and O–H groups in total. The summed E-state index contributed by atoms with van der Waals surface area (Å²) in [6.45, 7) is 0. The van der Waals surface area contributed by atoms with Crippen LogP contribution < -0.4 is 4.84 Å². The second-order valence-electron chi connectivity index (χ2n) is 5.43. The molecule has 3 aromatic carbocycles. The Bertz CT molecular complexity index is 1160. The van der Waals surface area contributed by atoms with Crippen LogP contribution in [0.4, 0.5) is 0 Å². The van der Waals surface area contributed by atoms with Crippen molar-refractivity contribution < 1.29 is 9.25 Å². The van der Waals surface area contributed by atoms with Gasteiger partial charge in [0, 0.05) is 21.5 Å². The number of para-hydroxylation sites is 2. The standard InChI is InChI=1S/C19H13NO2/c1-21-20-14-8-4-2-6-12(14)18-15(20)10-11-17-19(18)13-7-3-5-9-16(13)22-17/h2-11H,1H3. The highest BCUT2D eigenvalue weighted by atomic mass is 16.6. The number of benzene rings is 3. The number of rotatable bonds is 1. The van der Waals surface area contributed by atoms with Crippen molar-refractivity contribution in [2.24, 2.45) is 0 Å². The van der Waals surface area contributed by atoms with Crippen molar-refractivity contribution in [3.05, 3.63) is 60.7 Å². The highest BCUT2D eigenvalue weighted by Crippen LogP contribution is 2.39. The molecule has 0 saturated carbocycles. The van der Waals surface area contributed by atoms with Crippen LogP contribution in [0.5, 0.6) is 0 Å². The molecule has 0 radical (unpaired) electrons. The van der Waals surface area contributed by atoms with E-state index in [0.29, 0.717) is 0 Å². The minimum atomic E-state index is 0.910. The molecular formula is C19H13NO2. The second-order valence-corrected chi connectivity index (χ2v) is 5.43. The zero-order chi connectivity index (χ0) is 14.7. The zero-order valence-corrected chi connectivity index (χ0v) is 12.0. The Labute approximate surface area is 126 Å². The van der Waals surface area contributed by atoms with Crippen molar-refractivity contribution in [3.8, 4) is 0 Å². The van der Waals surface area contributed by atoms with Crippen LogP contribution in [0.2, 0.25) is 0 Å². The summed E-state index contributed by atoms with van der Waals surface area (Å²) in [5, 5.41) is 4.65. The van der Waals surface area contributed by atoms with Gasteiger partial charge in [-0.05, 0) is 24.3 Å². The van der Waals surface area contributed by atoms with Gasteiger partial charge in [0.25, 0.3) is 0 Å².